The first-order valence-corrected chi connectivity index (χ1v) is 5.41. The fourth-order valence-corrected chi connectivity index (χ4v) is 2.31. The number of rotatable bonds is 2. The zero-order chi connectivity index (χ0) is 10.3. The minimum atomic E-state index is 0.266. The summed E-state index contributed by atoms with van der Waals surface area (Å²) < 4.78 is 0. The fourth-order valence-electron chi connectivity index (χ4n) is 2.31. The van der Waals surface area contributed by atoms with E-state index in [1.807, 2.05) is 0 Å². The van der Waals surface area contributed by atoms with E-state index in [0.717, 1.165) is 0 Å². The summed E-state index contributed by atoms with van der Waals surface area (Å²) in [6.07, 6.45) is 4.03. The number of nitrogens with one attached hydrogen (secondary N) is 1. The van der Waals surface area contributed by atoms with Crippen LogP contribution in [0.3, 0.4) is 0 Å². The van der Waals surface area contributed by atoms with Crippen LogP contribution in [0.2, 0.25) is 0 Å². The van der Waals surface area contributed by atoms with Gasteiger partial charge in [-0.25, -0.2) is 0 Å². The third-order valence-corrected chi connectivity index (χ3v) is 2.36. The van der Waals surface area contributed by atoms with Crippen LogP contribution in [0, 0.1) is 5.41 Å². The van der Waals surface area contributed by atoms with Gasteiger partial charge in [-0.1, -0.05) is 20.8 Å². The van der Waals surface area contributed by atoms with Crippen molar-refractivity contribution in [3.8, 4) is 0 Å². The Morgan fingerprint density at radius 1 is 1.00 bits per heavy atom. The van der Waals surface area contributed by atoms with Gasteiger partial charge in [-0.2, -0.15) is 0 Å². The minimum Gasteiger partial charge on any atom is -0.307 e. The normalized spacial score (nSPS) is 21.7. The van der Waals surface area contributed by atoms with Gasteiger partial charge in [0.25, 0.3) is 0 Å². The molecule has 0 radical (unpaired) electrons. The average molecular weight is 183 g/mol. The summed E-state index contributed by atoms with van der Waals surface area (Å²) in [7, 11) is 0. The topological polar surface area (TPSA) is 12.0 Å². The molecule has 0 unspecified atom stereocenters. The van der Waals surface area contributed by atoms with Crippen LogP contribution in [0.4, 0.5) is 0 Å². The molecule has 1 nitrogen and oxygen atoms in total. The van der Waals surface area contributed by atoms with Crippen LogP contribution in [0.5, 0.6) is 0 Å². The monoisotopic (exact) mass is 183 g/mol. The molecule has 0 amide bonds. The third-order valence-electron chi connectivity index (χ3n) is 2.36. The second-order valence-electron chi connectivity index (χ2n) is 6.89. The van der Waals surface area contributed by atoms with E-state index in [0.29, 0.717) is 11.0 Å². The maximum absolute atomic E-state index is 3.76. The van der Waals surface area contributed by atoms with Crippen LogP contribution < -0.4 is 5.32 Å². The summed E-state index contributed by atoms with van der Waals surface area (Å²) in [5.41, 5.74) is 1.19. The third kappa shape index (κ3) is 4.12. The van der Waals surface area contributed by atoms with Gasteiger partial charge in [0.2, 0.25) is 0 Å². The molecular weight excluding hydrogens is 158 g/mol. The molecule has 1 aliphatic rings. The van der Waals surface area contributed by atoms with E-state index in [4.69, 9.17) is 0 Å². The molecule has 0 bridgehead atoms. The highest BCUT2D eigenvalue weighted by atomic mass is 15.1. The summed E-state index contributed by atoms with van der Waals surface area (Å²) in [6, 6.07) is 0. The van der Waals surface area contributed by atoms with Gasteiger partial charge in [-0.15, -0.1) is 0 Å². The van der Waals surface area contributed by atoms with Gasteiger partial charge in [-0.3, -0.25) is 0 Å². The Hall–Kier alpha value is -0.0400. The molecule has 0 aromatic rings. The molecule has 0 saturated heterocycles. The van der Waals surface area contributed by atoms with Gasteiger partial charge >= 0.3 is 0 Å². The van der Waals surface area contributed by atoms with E-state index in [-0.39, 0.29) is 5.54 Å². The molecule has 0 aromatic heterocycles. The van der Waals surface area contributed by atoms with E-state index in [1.165, 1.54) is 19.3 Å². The highest BCUT2D eigenvalue weighted by Crippen LogP contribution is 2.45. The average Bonchev–Trinajstić information content (AvgIpc) is 2.36. The lowest BCUT2D eigenvalue weighted by atomic mass is 9.86. The quantitative estimate of drug-likeness (QED) is 0.692. The molecule has 1 fully saturated rings. The Labute approximate surface area is 83.3 Å². The van der Waals surface area contributed by atoms with E-state index >= 15 is 0 Å². The summed E-state index contributed by atoms with van der Waals surface area (Å²) in [6.45, 7) is 13.8. The molecule has 1 aliphatic carbocycles. The van der Waals surface area contributed by atoms with Crippen LogP contribution in [-0.2, 0) is 0 Å². The van der Waals surface area contributed by atoms with E-state index in [2.05, 4.69) is 46.9 Å². The van der Waals surface area contributed by atoms with Gasteiger partial charge in [-0.05, 0) is 45.4 Å². The summed E-state index contributed by atoms with van der Waals surface area (Å²) in [5, 5.41) is 3.76. The molecule has 0 aromatic carbocycles. The van der Waals surface area contributed by atoms with Crippen molar-refractivity contribution >= 4 is 0 Å². The fraction of sp³-hybridized carbons (Fsp3) is 1.00. The molecule has 1 heteroatoms. The van der Waals surface area contributed by atoms with Gasteiger partial charge in [0.15, 0.2) is 0 Å². The van der Waals surface area contributed by atoms with Crippen molar-refractivity contribution in [2.45, 2.75) is 71.9 Å². The Kier molecular flexibility index (Phi) is 2.53. The Bertz CT molecular complexity index is 158. The maximum Gasteiger partial charge on any atom is 0.0192 e. The second-order valence-corrected chi connectivity index (χ2v) is 6.89. The van der Waals surface area contributed by atoms with Crippen molar-refractivity contribution in [2.75, 3.05) is 0 Å². The van der Waals surface area contributed by atoms with Crippen LogP contribution in [0.1, 0.15) is 60.8 Å². The zero-order valence-corrected chi connectivity index (χ0v) is 10.1. The molecule has 0 heterocycles. The van der Waals surface area contributed by atoms with Crippen molar-refractivity contribution in [2.24, 2.45) is 5.41 Å². The van der Waals surface area contributed by atoms with Crippen molar-refractivity contribution in [1.29, 1.82) is 0 Å². The lowest BCUT2D eigenvalue weighted by molar-refractivity contribution is 0.250. The number of hydrogen-bond donors (Lipinski definition) is 1. The van der Waals surface area contributed by atoms with Gasteiger partial charge < -0.3 is 5.32 Å². The molecule has 1 rings (SSSR count). The van der Waals surface area contributed by atoms with E-state index in [9.17, 15) is 0 Å². The molecule has 78 valence electrons. The molecule has 1 N–H and O–H groups in total. The lowest BCUT2D eigenvalue weighted by Crippen LogP contribution is -2.46. The van der Waals surface area contributed by atoms with Crippen molar-refractivity contribution in [3.63, 3.8) is 0 Å². The molecule has 0 atom stereocenters. The van der Waals surface area contributed by atoms with Crippen molar-refractivity contribution in [3.05, 3.63) is 0 Å². The molecule has 0 spiro atoms. The zero-order valence-electron chi connectivity index (χ0n) is 10.1. The van der Waals surface area contributed by atoms with Crippen molar-refractivity contribution < 1.29 is 0 Å². The van der Waals surface area contributed by atoms with Gasteiger partial charge in [0.1, 0.15) is 0 Å². The molecule has 0 aliphatic heterocycles. The highest BCUT2D eigenvalue weighted by molar-refractivity contribution is 5.06. The lowest BCUT2D eigenvalue weighted by Gasteiger charge is -2.33. The highest BCUT2D eigenvalue weighted by Gasteiger charge is 2.46. The summed E-state index contributed by atoms with van der Waals surface area (Å²) in [4.78, 5) is 0. The Morgan fingerprint density at radius 3 is 1.69 bits per heavy atom. The second kappa shape index (κ2) is 2.98. The first-order chi connectivity index (χ1) is 5.62. The van der Waals surface area contributed by atoms with Crippen LogP contribution in [0.25, 0.3) is 0 Å². The first kappa shape index (κ1) is 11.0. The molecule has 1 saturated carbocycles. The van der Waals surface area contributed by atoms with Gasteiger partial charge in [0, 0.05) is 11.1 Å². The number of hydrogen-bond acceptors (Lipinski definition) is 1. The smallest absolute Gasteiger partial charge is 0.0192 e. The Balaban J connectivity index is 2.49. The van der Waals surface area contributed by atoms with Gasteiger partial charge in [0.05, 0.1) is 0 Å². The maximum atomic E-state index is 3.76. The predicted molar refractivity (Wildman–Crippen MR) is 58.9 cm³/mol. The summed E-state index contributed by atoms with van der Waals surface area (Å²) >= 11 is 0. The van der Waals surface area contributed by atoms with E-state index in [1.54, 1.807) is 0 Å². The standard InChI is InChI=1S/C12H25N/c1-10(2,3)9-12(7-8-12)13-11(4,5)6/h13H,7-9H2,1-6H3. The predicted octanol–water partition coefficient (Wildman–Crippen LogP) is 3.34. The Morgan fingerprint density at radius 2 is 1.46 bits per heavy atom. The minimum absolute atomic E-state index is 0.266. The molecular formula is C12H25N. The van der Waals surface area contributed by atoms with Crippen LogP contribution in [-0.4, -0.2) is 11.1 Å². The molecule has 13 heavy (non-hydrogen) atoms. The van der Waals surface area contributed by atoms with Crippen molar-refractivity contribution in [1.82, 2.24) is 5.32 Å². The van der Waals surface area contributed by atoms with Crippen LogP contribution >= 0.6 is 0 Å². The summed E-state index contributed by atoms with van der Waals surface area (Å²) in [5.74, 6) is 0. The van der Waals surface area contributed by atoms with E-state index < -0.39 is 0 Å². The largest absolute Gasteiger partial charge is 0.307 e. The first-order valence-electron chi connectivity index (χ1n) is 5.41. The SMILES string of the molecule is CC(C)(C)CC1(NC(C)(C)C)CC1. The van der Waals surface area contributed by atoms with Crippen LogP contribution in [0.15, 0.2) is 0 Å².